The van der Waals surface area contributed by atoms with Crippen molar-refractivity contribution in [1.29, 1.82) is 0 Å². The third-order valence-electron chi connectivity index (χ3n) is 2.02. The average molecular weight is 248 g/mol. The van der Waals surface area contributed by atoms with Crippen molar-refractivity contribution in [2.75, 3.05) is 7.11 Å². The van der Waals surface area contributed by atoms with Crippen LogP contribution in [0.1, 0.15) is 12.0 Å². The second-order valence-corrected chi connectivity index (χ2v) is 3.23. The van der Waals surface area contributed by atoms with Gasteiger partial charge in [0.1, 0.15) is 17.8 Å². The fourth-order valence-corrected chi connectivity index (χ4v) is 1.34. The van der Waals surface area contributed by atoms with E-state index >= 15 is 0 Å². The molecule has 0 unspecified atom stereocenters. The summed E-state index contributed by atoms with van der Waals surface area (Å²) in [6.45, 7) is 0. The normalized spacial score (nSPS) is 11.1. The van der Waals surface area contributed by atoms with Gasteiger partial charge in [0.25, 0.3) is 0 Å². The van der Waals surface area contributed by atoms with Gasteiger partial charge < -0.3 is 14.3 Å². The molecule has 1 rings (SSSR count). The topological polar surface area (TPSA) is 35.5 Å². The van der Waals surface area contributed by atoms with E-state index in [1.807, 2.05) is 0 Å². The van der Waals surface area contributed by atoms with Crippen molar-refractivity contribution in [2.45, 2.75) is 19.2 Å². The first-order valence-electron chi connectivity index (χ1n) is 4.82. The Morgan fingerprint density at radius 1 is 1.35 bits per heavy atom. The molecule has 1 aromatic rings. The third-order valence-corrected chi connectivity index (χ3v) is 2.02. The van der Waals surface area contributed by atoms with Gasteiger partial charge in [0.2, 0.25) is 0 Å². The van der Waals surface area contributed by atoms with Crippen LogP contribution < -0.4 is 9.47 Å². The van der Waals surface area contributed by atoms with Crippen LogP contribution in [0.4, 0.5) is 13.2 Å². The van der Waals surface area contributed by atoms with Crippen molar-refractivity contribution in [2.24, 2.45) is 0 Å². The van der Waals surface area contributed by atoms with Gasteiger partial charge in [-0.15, -0.1) is 13.2 Å². The van der Waals surface area contributed by atoms with Gasteiger partial charge in [-0.25, -0.2) is 0 Å². The van der Waals surface area contributed by atoms with Crippen LogP contribution in [0.5, 0.6) is 11.5 Å². The molecule has 0 atom stereocenters. The first kappa shape index (κ1) is 13.3. The number of hydrogen-bond acceptors (Lipinski definition) is 3. The number of benzene rings is 1. The van der Waals surface area contributed by atoms with E-state index in [4.69, 9.17) is 4.74 Å². The highest BCUT2D eigenvalue weighted by Crippen LogP contribution is 2.29. The molecule has 0 fully saturated rings. The molecule has 0 N–H and O–H groups in total. The van der Waals surface area contributed by atoms with Crippen molar-refractivity contribution in [3.8, 4) is 11.5 Å². The first-order chi connectivity index (χ1) is 7.96. The van der Waals surface area contributed by atoms with Gasteiger partial charge >= 0.3 is 6.36 Å². The van der Waals surface area contributed by atoms with Gasteiger partial charge in [0.05, 0.1) is 7.11 Å². The van der Waals surface area contributed by atoms with E-state index in [2.05, 4.69) is 4.74 Å². The number of ether oxygens (including phenoxy) is 2. The Kier molecular flexibility index (Phi) is 4.37. The SMILES string of the molecule is COc1cc(OC(F)(F)F)ccc1CCC=O. The first-order valence-corrected chi connectivity index (χ1v) is 4.82. The van der Waals surface area contributed by atoms with E-state index in [0.717, 1.165) is 12.4 Å². The molecule has 0 aliphatic rings. The summed E-state index contributed by atoms with van der Waals surface area (Å²) in [5, 5.41) is 0. The molecule has 3 nitrogen and oxygen atoms in total. The number of aryl methyl sites for hydroxylation is 1. The number of carbonyl (C=O) groups is 1. The van der Waals surface area contributed by atoms with Crippen molar-refractivity contribution in [3.05, 3.63) is 23.8 Å². The van der Waals surface area contributed by atoms with E-state index in [9.17, 15) is 18.0 Å². The smallest absolute Gasteiger partial charge is 0.496 e. The van der Waals surface area contributed by atoms with Gasteiger partial charge in [-0.2, -0.15) is 0 Å². The Morgan fingerprint density at radius 2 is 2.06 bits per heavy atom. The van der Waals surface area contributed by atoms with Crippen LogP contribution in [0.3, 0.4) is 0 Å². The molecule has 0 saturated carbocycles. The second kappa shape index (κ2) is 5.56. The summed E-state index contributed by atoms with van der Waals surface area (Å²) in [6, 6.07) is 3.78. The van der Waals surface area contributed by atoms with Crippen molar-refractivity contribution in [1.82, 2.24) is 0 Å². The lowest BCUT2D eigenvalue weighted by atomic mass is 10.1. The molecule has 6 heteroatoms. The van der Waals surface area contributed by atoms with E-state index in [1.54, 1.807) is 0 Å². The molecule has 0 saturated heterocycles. The lowest BCUT2D eigenvalue weighted by molar-refractivity contribution is -0.274. The summed E-state index contributed by atoms with van der Waals surface area (Å²) in [7, 11) is 1.34. The summed E-state index contributed by atoms with van der Waals surface area (Å²) < 4.78 is 44.6. The molecule has 0 heterocycles. The zero-order valence-electron chi connectivity index (χ0n) is 9.08. The minimum atomic E-state index is -4.73. The second-order valence-electron chi connectivity index (χ2n) is 3.23. The maximum absolute atomic E-state index is 12.0. The monoisotopic (exact) mass is 248 g/mol. The zero-order chi connectivity index (χ0) is 12.9. The van der Waals surface area contributed by atoms with E-state index < -0.39 is 6.36 Å². The Bertz CT molecular complexity index is 388. The fraction of sp³-hybridized carbons (Fsp3) is 0.364. The highest BCUT2D eigenvalue weighted by Gasteiger charge is 2.31. The minimum Gasteiger partial charge on any atom is -0.496 e. The zero-order valence-corrected chi connectivity index (χ0v) is 9.08. The van der Waals surface area contributed by atoms with Crippen LogP contribution >= 0.6 is 0 Å². The van der Waals surface area contributed by atoms with Crippen LogP contribution in [0, 0.1) is 0 Å². The summed E-state index contributed by atoms with van der Waals surface area (Å²) in [5.74, 6) is -0.0715. The average Bonchev–Trinajstić information content (AvgIpc) is 2.25. The summed E-state index contributed by atoms with van der Waals surface area (Å²) in [5.41, 5.74) is 0.661. The van der Waals surface area contributed by atoms with Crippen LogP contribution in [0.15, 0.2) is 18.2 Å². The Labute approximate surface area is 96.1 Å². The van der Waals surface area contributed by atoms with Crippen LogP contribution in [0.25, 0.3) is 0 Å². The number of aldehydes is 1. The van der Waals surface area contributed by atoms with Crippen molar-refractivity contribution < 1.29 is 27.4 Å². The van der Waals surface area contributed by atoms with Gasteiger partial charge in [-0.1, -0.05) is 6.07 Å². The van der Waals surface area contributed by atoms with Gasteiger partial charge in [-0.3, -0.25) is 0 Å². The Hall–Kier alpha value is -1.72. The molecule has 0 aromatic heterocycles. The molecule has 17 heavy (non-hydrogen) atoms. The van der Waals surface area contributed by atoms with Crippen molar-refractivity contribution in [3.63, 3.8) is 0 Å². The molecule has 1 aromatic carbocycles. The molecule has 0 aliphatic carbocycles. The Balaban J connectivity index is 2.88. The third kappa shape index (κ3) is 4.34. The van der Waals surface area contributed by atoms with Gasteiger partial charge in [0.15, 0.2) is 0 Å². The fourth-order valence-electron chi connectivity index (χ4n) is 1.34. The number of rotatable bonds is 5. The molecular formula is C11H11F3O3. The van der Waals surface area contributed by atoms with E-state index in [-0.39, 0.29) is 17.9 Å². The maximum Gasteiger partial charge on any atom is 0.573 e. The van der Waals surface area contributed by atoms with Crippen LogP contribution in [0.2, 0.25) is 0 Å². The molecule has 94 valence electrons. The molecule has 0 spiro atoms. The Morgan fingerprint density at radius 3 is 2.59 bits per heavy atom. The number of halogens is 3. The molecule has 0 aliphatic heterocycles. The van der Waals surface area contributed by atoms with E-state index in [0.29, 0.717) is 12.0 Å². The predicted molar refractivity (Wildman–Crippen MR) is 54.1 cm³/mol. The van der Waals surface area contributed by atoms with Gasteiger partial charge in [-0.05, 0) is 18.1 Å². The standard InChI is InChI=1S/C11H11F3O3/c1-16-10-7-9(17-11(12,13)14)5-4-8(10)3-2-6-15/h4-7H,2-3H2,1H3. The lowest BCUT2D eigenvalue weighted by Gasteiger charge is -2.12. The lowest BCUT2D eigenvalue weighted by Crippen LogP contribution is -2.17. The highest BCUT2D eigenvalue weighted by molar-refractivity contribution is 5.51. The number of methoxy groups -OCH3 is 1. The molecule has 0 amide bonds. The van der Waals surface area contributed by atoms with Crippen LogP contribution in [-0.2, 0) is 11.2 Å². The quantitative estimate of drug-likeness (QED) is 0.751. The number of hydrogen-bond donors (Lipinski definition) is 0. The number of carbonyl (C=O) groups excluding carboxylic acids is 1. The molecule has 0 radical (unpaired) electrons. The molecule has 0 bridgehead atoms. The summed E-state index contributed by atoms with van der Waals surface area (Å²) >= 11 is 0. The summed E-state index contributed by atoms with van der Waals surface area (Å²) in [4.78, 5) is 10.2. The molecular weight excluding hydrogens is 237 g/mol. The van der Waals surface area contributed by atoms with Crippen molar-refractivity contribution >= 4 is 6.29 Å². The largest absolute Gasteiger partial charge is 0.573 e. The highest BCUT2D eigenvalue weighted by atomic mass is 19.4. The van der Waals surface area contributed by atoms with Gasteiger partial charge in [0, 0.05) is 12.5 Å². The number of alkyl halides is 3. The predicted octanol–water partition coefficient (Wildman–Crippen LogP) is 2.73. The summed E-state index contributed by atoms with van der Waals surface area (Å²) in [6.07, 6.45) is -3.29. The van der Waals surface area contributed by atoms with Crippen LogP contribution in [-0.4, -0.2) is 19.8 Å². The van der Waals surface area contributed by atoms with E-state index in [1.165, 1.54) is 19.2 Å². The maximum atomic E-state index is 12.0. The minimum absolute atomic E-state index is 0.272.